The van der Waals surface area contributed by atoms with E-state index in [1.54, 1.807) is 16.9 Å². The fourth-order valence-electron chi connectivity index (χ4n) is 1.72. The van der Waals surface area contributed by atoms with Crippen LogP contribution in [0.25, 0.3) is 5.69 Å². The Morgan fingerprint density at radius 3 is 2.48 bits per heavy atom. The van der Waals surface area contributed by atoms with E-state index in [4.69, 9.17) is 0 Å². The second-order valence-electron chi connectivity index (χ2n) is 5.76. The monoisotopic (exact) mass is 298 g/mol. The molecule has 0 aliphatic carbocycles. The van der Waals surface area contributed by atoms with E-state index in [2.05, 4.69) is 15.4 Å². The molecule has 0 saturated heterocycles. The summed E-state index contributed by atoms with van der Waals surface area (Å²) in [7, 11) is 0. The molecule has 4 nitrogen and oxygen atoms in total. The smallest absolute Gasteiger partial charge is 0.361 e. The highest BCUT2D eigenvalue weighted by Crippen LogP contribution is 2.21. The zero-order valence-corrected chi connectivity index (χ0v) is 12.1. The predicted octanol–water partition coefficient (Wildman–Crippen LogP) is 3.54. The maximum atomic E-state index is 12.2. The van der Waals surface area contributed by atoms with Gasteiger partial charge < -0.3 is 5.32 Å². The average molecular weight is 298 g/mol. The van der Waals surface area contributed by atoms with Crippen LogP contribution in [0, 0.1) is 0 Å². The van der Waals surface area contributed by atoms with Gasteiger partial charge in [0.25, 0.3) is 0 Å². The van der Waals surface area contributed by atoms with Gasteiger partial charge in [0.2, 0.25) is 0 Å². The maximum Gasteiger partial charge on any atom is 0.405 e. The van der Waals surface area contributed by atoms with E-state index in [1.165, 1.54) is 12.3 Å². The Morgan fingerprint density at radius 1 is 1.19 bits per heavy atom. The molecule has 0 unspecified atom stereocenters. The average Bonchev–Trinajstić information content (AvgIpc) is 2.85. The van der Waals surface area contributed by atoms with Gasteiger partial charge in [0, 0.05) is 23.9 Å². The first-order valence-corrected chi connectivity index (χ1v) is 6.48. The van der Waals surface area contributed by atoms with Gasteiger partial charge in [0.05, 0.1) is 11.4 Å². The van der Waals surface area contributed by atoms with Crippen molar-refractivity contribution in [3.8, 4) is 5.69 Å². The Bertz CT molecular complexity index is 611. The van der Waals surface area contributed by atoms with Crippen molar-refractivity contribution >= 4 is 5.82 Å². The van der Waals surface area contributed by atoms with Gasteiger partial charge >= 0.3 is 6.18 Å². The topological polar surface area (TPSA) is 42.7 Å². The molecule has 2 heterocycles. The van der Waals surface area contributed by atoms with Crippen molar-refractivity contribution in [2.24, 2.45) is 0 Å². The molecule has 0 spiro atoms. The number of hydrogen-bond acceptors (Lipinski definition) is 3. The van der Waals surface area contributed by atoms with Crippen molar-refractivity contribution < 1.29 is 13.2 Å². The van der Waals surface area contributed by atoms with Gasteiger partial charge in [-0.3, -0.25) is 0 Å². The van der Waals surface area contributed by atoms with E-state index in [9.17, 15) is 13.2 Å². The SMILES string of the molecule is CC(C)(C)c1ccn(-c2ccnc(NCC(F)(F)F)c2)n1. The molecule has 0 aromatic carbocycles. The summed E-state index contributed by atoms with van der Waals surface area (Å²) in [6, 6.07) is 5.12. The Morgan fingerprint density at radius 2 is 1.90 bits per heavy atom. The summed E-state index contributed by atoms with van der Waals surface area (Å²) in [5, 5.41) is 6.70. The van der Waals surface area contributed by atoms with Crippen LogP contribution < -0.4 is 5.32 Å². The summed E-state index contributed by atoms with van der Waals surface area (Å²) in [6.07, 6.45) is -1.04. The molecule has 0 atom stereocenters. The van der Waals surface area contributed by atoms with Crippen LogP contribution in [0.5, 0.6) is 0 Å². The van der Waals surface area contributed by atoms with Gasteiger partial charge in [-0.25, -0.2) is 9.67 Å². The Balaban J connectivity index is 2.19. The highest BCUT2D eigenvalue weighted by molar-refractivity contribution is 5.44. The van der Waals surface area contributed by atoms with Crippen LogP contribution in [0.4, 0.5) is 19.0 Å². The largest absolute Gasteiger partial charge is 0.405 e. The summed E-state index contributed by atoms with van der Waals surface area (Å²) in [5.74, 6) is 0.164. The quantitative estimate of drug-likeness (QED) is 0.942. The molecule has 2 aromatic heterocycles. The summed E-state index contributed by atoms with van der Waals surface area (Å²) in [6.45, 7) is 5.02. The third-order valence-electron chi connectivity index (χ3n) is 2.84. The summed E-state index contributed by atoms with van der Waals surface area (Å²) < 4.78 is 38.2. The van der Waals surface area contributed by atoms with Crippen molar-refractivity contribution in [2.75, 3.05) is 11.9 Å². The van der Waals surface area contributed by atoms with E-state index in [0.717, 1.165) is 5.69 Å². The van der Waals surface area contributed by atoms with Crippen LogP contribution in [-0.4, -0.2) is 27.5 Å². The van der Waals surface area contributed by atoms with Crippen LogP contribution >= 0.6 is 0 Å². The number of pyridine rings is 1. The zero-order valence-electron chi connectivity index (χ0n) is 12.1. The van der Waals surface area contributed by atoms with Gasteiger partial charge in [-0.1, -0.05) is 20.8 Å². The molecule has 21 heavy (non-hydrogen) atoms. The van der Waals surface area contributed by atoms with E-state index in [0.29, 0.717) is 5.69 Å². The molecule has 0 amide bonds. The minimum atomic E-state index is -4.28. The second kappa shape index (κ2) is 5.38. The lowest BCUT2D eigenvalue weighted by Gasteiger charge is -2.14. The number of halogens is 3. The fraction of sp³-hybridized carbons (Fsp3) is 0.429. The van der Waals surface area contributed by atoms with Crippen LogP contribution in [0.1, 0.15) is 26.5 Å². The van der Waals surface area contributed by atoms with Crippen molar-refractivity contribution in [3.05, 3.63) is 36.3 Å². The lowest BCUT2D eigenvalue weighted by atomic mass is 9.93. The number of nitrogens with one attached hydrogen (secondary N) is 1. The molecule has 1 N–H and O–H groups in total. The third-order valence-corrected chi connectivity index (χ3v) is 2.84. The Labute approximate surface area is 121 Å². The minimum absolute atomic E-state index is 0.0877. The molecule has 0 aliphatic rings. The lowest BCUT2D eigenvalue weighted by molar-refractivity contribution is -0.115. The molecular weight excluding hydrogens is 281 g/mol. The number of rotatable bonds is 3. The fourth-order valence-corrected chi connectivity index (χ4v) is 1.72. The van der Waals surface area contributed by atoms with E-state index >= 15 is 0 Å². The summed E-state index contributed by atoms with van der Waals surface area (Å²) in [5.41, 5.74) is 1.48. The molecular formula is C14H17F3N4. The summed E-state index contributed by atoms with van der Waals surface area (Å²) >= 11 is 0. The first-order valence-electron chi connectivity index (χ1n) is 6.48. The van der Waals surface area contributed by atoms with Gasteiger partial charge in [-0.15, -0.1) is 0 Å². The molecule has 0 radical (unpaired) electrons. The minimum Gasteiger partial charge on any atom is -0.361 e. The Hall–Kier alpha value is -2.05. The van der Waals surface area contributed by atoms with Gasteiger partial charge in [0.15, 0.2) is 0 Å². The molecule has 0 bridgehead atoms. The number of anilines is 1. The van der Waals surface area contributed by atoms with Gasteiger partial charge in [-0.2, -0.15) is 18.3 Å². The lowest BCUT2D eigenvalue weighted by Crippen LogP contribution is -2.21. The van der Waals surface area contributed by atoms with Gasteiger partial charge in [0.1, 0.15) is 12.4 Å². The maximum absolute atomic E-state index is 12.2. The Kier molecular flexibility index (Phi) is 3.93. The zero-order chi connectivity index (χ0) is 15.7. The summed E-state index contributed by atoms with van der Waals surface area (Å²) in [4.78, 5) is 3.87. The molecule has 0 saturated carbocycles. The van der Waals surface area contributed by atoms with E-state index in [-0.39, 0.29) is 11.2 Å². The van der Waals surface area contributed by atoms with Crippen molar-refractivity contribution in [1.29, 1.82) is 0 Å². The van der Waals surface area contributed by atoms with E-state index < -0.39 is 12.7 Å². The third kappa shape index (κ3) is 4.21. The van der Waals surface area contributed by atoms with Crippen LogP contribution in [0.3, 0.4) is 0 Å². The second-order valence-corrected chi connectivity index (χ2v) is 5.76. The standard InChI is InChI=1S/C14H17F3N4/c1-13(2,3)11-5-7-21(20-11)10-4-6-18-12(8-10)19-9-14(15,16)17/h4-8H,9H2,1-3H3,(H,18,19). The molecule has 2 aromatic rings. The molecule has 2 rings (SSSR count). The van der Waals surface area contributed by atoms with Gasteiger partial charge in [-0.05, 0) is 12.1 Å². The molecule has 0 fully saturated rings. The first kappa shape index (κ1) is 15.3. The first-order chi connectivity index (χ1) is 9.65. The van der Waals surface area contributed by atoms with Crippen LogP contribution in [-0.2, 0) is 5.41 Å². The van der Waals surface area contributed by atoms with Crippen molar-refractivity contribution in [1.82, 2.24) is 14.8 Å². The predicted molar refractivity (Wildman–Crippen MR) is 74.6 cm³/mol. The number of alkyl halides is 3. The molecule has 7 heteroatoms. The van der Waals surface area contributed by atoms with Crippen molar-refractivity contribution in [3.63, 3.8) is 0 Å². The number of aromatic nitrogens is 3. The van der Waals surface area contributed by atoms with Crippen molar-refractivity contribution in [2.45, 2.75) is 32.4 Å². The number of nitrogens with zero attached hydrogens (tertiary/aromatic N) is 3. The van der Waals surface area contributed by atoms with Crippen LogP contribution in [0.2, 0.25) is 0 Å². The van der Waals surface area contributed by atoms with Crippen LogP contribution in [0.15, 0.2) is 30.6 Å². The highest BCUT2D eigenvalue weighted by atomic mass is 19.4. The molecule has 114 valence electrons. The number of hydrogen-bond donors (Lipinski definition) is 1. The molecule has 0 aliphatic heterocycles. The highest BCUT2D eigenvalue weighted by Gasteiger charge is 2.26. The van der Waals surface area contributed by atoms with E-state index in [1.807, 2.05) is 26.8 Å². The normalized spacial score (nSPS) is 12.5.